The van der Waals surface area contributed by atoms with Crippen LogP contribution in [0.4, 0.5) is 0 Å². The van der Waals surface area contributed by atoms with E-state index in [0.717, 1.165) is 5.56 Å². The normalized spacial score (nSPS) is 11.3. The van der Waals surface area contributed by atoms with Crippen LogP contribution in [-0.4, -0.2) is 26.1 Å². The molecule has 132 valence electrons. The van der Waals surface area contributed by atoms with Gasteiger partial charge in [-0.05, 0) is 35.9 Å². The first-order valence-electron chi connectivity index (χ1n) is 8.27. The van der Waals surface area contributed by atoms with Crippen LogP contribution in [0.25, 0.3) is 22.3 Å². The Labute approximate surface area is 154 Å². The summed E-state index contributed by atoms with van der Waals surface area (Å²) in [6.45, 7) is 0. The van der Waals surface area contributed by atoms with Gasteiger partial charge >= 0.3 is 0 Å². The fourth-order valence-corrected chi connectivity index (χ4v) is 2.75. The summed E-state index contributed by atoms with van der Waals surface area (Å²) in [5.74, 6) is -0.0635. The van der Waals surface area contributed by atoms with Crippen molar-refractivity contribution in [2.75, 3.05) is 0 Å². The lowest BCUT2D eigenvalue weighted by Gasteiger charge is -2.09. The van der Waals surface area contributed by atoms with Crippen LogP contribution in [-0.2, 0) is 0 Å². The third-order valence-corrected chi connectivity index (χ3v) is 4.11. The number of fused-ring (bicyclic) bond motifs is 1. The molecule has 3 aromatic carbocycles. The van der Waals surface area contributed by atoms with Gasteiger partial charge in [0.15, 0.2) is 17.3 Å². The highest BCUT2D eigenvalue weighted by atomic mass is 16.3. The van der Waals surface area contributed by atoms with Crippen molar-refractivity contribution in [1.29, 1.82) is 0 Å². The SMILES string of the molecule is O=c1c2ccccc2nc(-c2ccccc2)n1/N=C\c1ccc(O)c(O)c1. The molecular weight excluding hydrogens is 342 g/mol. The van der Waals surface area contributed by atoms with Gasteiger partial charge < -0.3 is 10.2 Å². The minimum Gasteiger partial charge on any atom is -0.504 e. The second-order valence-electron chi connectivity index (χ2n) is 5.93. The second kappa shape index (κ2) is 6.76. The van der Waals surface area contributed by atoms with Crippen molar-refractivity contribution in [3.8, 4) is 22.9 Å². The molecule has 27 heavy (non-hydrogen) atoms. The summed E-state index contributed by atoms with van der Waals surface area (Å²) < 4.78 is 1.24. The van der Waals surface area contributed by atoms with Gasteiger partial charge in [0.25, 0.3) is 5.56 Å². The third kappa shape index (κ3) is 3.16. The van der Waals surface area contributed by atoms with Crippen LogP contribution in [0.3, 0.4) is 0 Å². The lowest BCUT2D eigenvalue weighted by atomic mass is 10.2. The van der Waals surface area contributed by atoms with E-state index in [-0.39, 0.29) is 17.1 Å². The number of rotatable bonds is 3. The van der Waals surface area contributed by atoms with Gasteiger partial charge in [-0.3, -0.25) is 4.79 Å². The molecular formula is C21H15N3O3. The molecule has 0 bridgehead atoms. The van der Waals surface area contributed by atoms with Crippen LogP contribution in [0.1, 0.15) is 5.56 Å². The molecule has 0 fully saturated rings. The molecule has 0 spiro atoms. The quantitative estimate of drug-likeness (QED) is 0.435. The van der Waals surface area contributed by atoms with Crippen LogP contribution in [0.2, 0.25) is 0 Å². The maximum Gasteiger partial charge on any atom is 0.282 e. The predicted octanol–water partition coefficient (Wildman–Crippen LogP) is 3.36. The number of aromatic hydroxyl groups is 2. The molecule has 1 heterocycles. The van der Waals surface area contributed by atoms with Crippen molar-refractivity contribution in [3.63, 3.8) is 0 Å². The zero-order chi connectivity index (χ0) is 18.8. The molecule has 0 aliphatic heterocycles. The number of hydrogen-bond acceptors (Lipinski definition) is 5. The van der Waals surface area contributed by atoms with Crippen molar-refractivity contribution in [2.45, 2.75) is 0 Å². The van der Waals surface area contributed by atoms with Crippen molar-refractivity contribution < 1.29 is 10.2 Å². The van der Waals surface area contributed by atoms with E-state index in [1.807, 2.05) is 36.4 Å². The fourth-order valence-electron chi connectivity index (χ4n) is 2.75. The number of para-hydroxylation sites is 1. The Hall–Kier alpha value is -3.93. The van der Waals surface area contributed by atoms with Crippen LogP contribution in [0.5, 0.6) is 11.5 Å². The monoisotopic (exact) mass is 357 g/mol. The molecule has 0 saturated heterocycles. The lowest BCUT2D eigenvalue weighted by Crippen LogP contribution is -2.20. The van der Waals surface area contributed by atoms with Crippen LogP contribution < -0.4 is 5.56 Å². The molecule has 0 aliphatic rings. The number of benzene rings is 3. The Kier molecular flexibility index (Phi) is 4.14. The Bertz CT molecular complexity index is 1210. The molecule has 0 unspecified atom stereocenters. The molecule has 0 saturated carbocycles. The van der Waals surface area contributed by atoms with Crippen molar-refractivity contribution >= 4 is 17.1 Å². The molecule has 0 aliphatic carbocycles. The van der Waals surface area contributed by atoms with Crippen LogP contribution in [0.15, 0.2) is 82.7 Å². The lowest BCUT2D eigenvalue weighted by molar-refractivity contribution is 0.403. The van der Waals surface area contributed by atoms with E-state index in [1.54, 1.807) is 24.3 Å². The summed E-state index contributed by atoms with van der Waals surface area (Å²) in [5, 5.41) is 23.8. The minimum absolute atomic E-state index is 0.221. The van der Waals surface area contributed by atoms with Gasteiger partial charge in [0.2, 0.25) is 0 Å². The Morgan fingerprint density at radius 1 is 0.889 bits per heavy atom. The van der Waals surface area contributed by atoms with Gasteiger partial charge in [-0.25, -0.2) is 4.98 Å². The summed E-state index contributed by atoms with van der Waals surface area (Å²) >= 11 is 0. The Morgan fingerprint density at radius 2 is 1.63 bits per heavy atom. The number of phenolic OH excluding ortho intramolecular Hbond substituents is 2. The van der Waals surface area contributed by atoms with Gasteiger partial charge in [-0.15, -0.1) is 0 Å². The number of aromatic nitrogens is 2. The highest BCUT2D eigenvalue weighted by Gasteiger charge is 2.12. The van der Waals surface area contributed by atoms with Crippen molar-refractivity contribution in [1.82, 2.24) is 9.66 Å². The van der Waals surface area contributed by atoms with E-state index < -0.39 is 0 Å². The van der Waals surface area contributed by atoms with E-state index in [1.165, 1.54) is 23.0 Å². The van der Waals surface area contributed by atoms with E-state index in [4.69, 9.17) is 0 Å². The third-order valence-electron chi connectivity index (χ3n) is 4.11. The molecule has 0 amide bonds. The molecule has 6 heteroatoms. The van der Waals surface area contributed by atoms with E-state index in [2.05, 4.69) is 10.1 Å². The predicted molar refractivity (Wildman–Crippen MR) is 104 cm³/mol. The molecule has 0 radical (unpaired) electrons. The summed E-state index contributed by atoms with van der Waals surface area (Å²) in [6.07, 6.45) is 1.43. The van der Waals surface area contributed by atoms with Crippen LogP contribution >= 0.6 is 0 Å². The maximum atomic E-state index is 13.0. The molecule has 4 aromatic rings. The van der Waals surface area contributed by atoms with E-state index in [9.17, 15) is 15.0 Å². The first-order chi connectivity index (χ1) is 13.1. The van der Waals surface area contributed by atoms with Gasteiger partial charge in [0.05, 0.1) is 17.1 Å². The fraction of sp³-hybridized carbons (Fsp3) is 0. The summed E-state index contributed by atoms with van der Waals surface area (Å²) in [6, 6.07) is 20.7. The number of phenols is 2. The Morgan fingerprint density at radius 3 is 2.41 bits per heavy atom. The topological polar surface area (TPSA) is 87.7 Å². The molecule has 4 rings (SSSR count). The first kappa shape index (κ1) is 16.5. The molecule has 2 N–H and O–H groups in total. The van der Waals surface area contributed by atoms with E-state index in [0.29, 0.717) is 22.3 Å². The maximum absolute atomic E-state index is 13.0. The highest BCUT2D eigenvalue weighted by molar-refractivity contribution is 5.82. The number of hydrogen-bond donors (Lipinski definition) is 2. The first-order valence-corrected chi connectivity index (χ1v) is 8.27. The standard InChI is InChI=1S/C21H15N3O3/c25-18-11-10-14(12-19(18)26)13-22-24-20(15-6-2-1-3-7-15)23-17-9-5-4-8-16(17)21(24)27/h1-13,25-26H/b22-13-. The summed E-state index contributed by atoms with van der Waals surface area (Å²) in [5.41, 5.74) is 1.59. The van der Waals surface area contributed by atoms with Gasteiger partial charge in [0, 0.05) is 5.56 Å². The second-order valence-corrected chi connectivity index (χ2v) is 5.93. The smallest absolute Gasteiger partial charge is 0.282 e. The van der Waals surface area contributed by atoms with Gasteiger partial charge in [-0.2, -0.15) is 9.78 Å². The molecule has 6 nitrogen and oxygen atoms in total. The van der Waals surface area contributed by atoms with Gasteiger partial charge in [-0.1, -0.05) is 42.5 Å². The number of nitrogens with zero attached hydrogens (tertiary/aromatic N) is 3. The van der Waals surface area contributed by atoms with Crippen molar-refractivity contribution in [2.24, 2.45) is 5.10 Å². The zero-order valence-electron chi connectivity index (χ0n) is 14.1. The average Bonchev–Trinajstić information content (AvgIpc) is 2.70. The minimum atomic E-state index is -0.293. The average molecular weight is 357 g/mol. The van der Waals surface area contributed by atoms with E-state index >= 15 is 0 Å². The summed E-state index contributed by atoms with van der Waals surface area (Å²) in [7, 11) is 0. The largest absolute Gasteiger partial charge is 0.504 e. The van der Waals surface area contributed by atoms with Crippen LogP contribution in [0, 0.1) is 0 Å². The molecule has 0 atom stereocenters. The molecule has 1 aromatic heterocycles. The van der Waals surface area contributed by atoms with Crippen molar-refractivity contribution in [3.05, 3.63) is 88.7 Å². The highest BCUT2D eigenvalue weighted by Crippen LogP contribution is 2.24. The zero-order valence-corrected chi connectivity index (χ0v) is 14.1. The summed E-state index contributed by atoms with van der Waals surface area (Å²) in [4.78, 5) is 17.6. The van der Waals surface area contributed by atoms with Gasteiger partial charge in [0.1, 0.15) is 0 Å². The Balaban J connectivity index is 1.92.